The van der Waals surface area contributed by atoms with E-state index < -0.39 is 17.8 Å². The number of nitrogens with one attached hydrogen (secondary N) is 1. The second-order valence-electron chi connectivity index (χ2n) is 7.88. The number of hydrogen-bond donors (Lipinski definition) is 1. The molecule has 31 heavy (non-hydrogen) atoms. The fraction of sp³-hybridized carbons (Fsp3) is 0.417. The molecular formula is C24H28ClFN2O3. The molecule has 0 bridgehead atoms. The number of carbonyl (C=O) groups excluding carboxylic acids is 2. The van der Waals surface area contributed by atoms with Gasteiger partial charge in [-0.05, 0) is 50.1 Å². The zero-order chi connectivity index (χ0) is 22.2. The number of benzene rings is 2. The molecule has 1 N–H and O–H groups in total. The fourth-order valence-electron chi connectivity index (χ4n) is 3.72. The SMILES string of the molecule is CC(C(=O)NC1CCCCC1)N(Cc1ccccc1F)C(=O)COc1ccc(Cl)cc1. The quantitative estimate of drug-likeness (QED) is 0.638. The number of nitrogens with zero attached hydrogens (tertiary/aromatic N) is 1. The number of rotatable bonds is 8. The van der Waals surface area contributed by atoms with Crippen molar-refractivity contribution in [3.8, 4) is 5.75 Å². The van der Waals surface area contributed by atoms with Gasteiger partial charge >= 0.3 is 0 Å². The van der Waals surface area contributed by atoms with Crippen molar-refractivity contribution in [2.75, 3.05) is 6.61 Å². The molecule has 1 unspecified atom stereocenters. The third kappa shape index (κ3) is 6.69. The first-order chi connectivity index (χ1) is 14.9. The number of hydrogen-bond acceptors (Lipinski definition) is 3. The first-order valence-corrected chi connectivity index (χ1v) is 11.0. The molecule has 2 aromatic rings. The highest BCUT2D eigenvalue weighted by atomic mass is 35.5. The molecule has 2 amide bonds. The van der Waals surface area contributed by atoms with Gasteiger partial charge in [-0.25, -0.2) is 4.39 Å². The van der Waals surface area contributed by atoms with Gasteiger partial charge in [0.2, 0.25) is 5.91 Å². The van der Waals surface area contributed by atoms with Crippen molar-refractivity contribution < 1.29 is 18.7 Å². The first-order valence-electron chi connectivity index (χ1n) is 10.7. The third-order valence-electron chi connectivity index (χ3n) is 5.59. The Morgan fingerprint density at radius 2 is 1.81 bits per heavy atom. The second kappa shape index (κ2) is 11.1. The van der Waals surface area contributed by atoms with Gasteiger partial charge in [-0.1, -0.05) is 49.1 Å². The summed E-state index contributed by atoms with van der Waals surface area (Å²) in [7, 11) is 0. The average molecular weight is 447 g/mol. The molecule has 2 aromatic carbocycles. The summed E-state index contributed by atoms with van der Waals surface area (Å²) >= 11 is 5.88. The van der Waals surface area contributed by atoms with E-state index in [1.807, 2.05) is 0 Å². The summed E-state index contributed by atoms with van der Waals surface area (Å²) in [6.07, 6.45) is 5.25. The van der Waals surface area contributed by atoms with Crippen LogP contribution >= 0.6 is 11.6 Å². The van der Waals surface area contributed by atoms with E-state index in [0.29, 0.717) is 16.3 Å². The van der Waals surface area contributed by atoms with Crippen LogP contribution in [-0.2, 0) is 16.1 Å². The fourth-order valence-corrected chi connectivity index (χ4v) is 3.85. The summed E-state index contributed by atoms with van der Waals surface area (Å²) in [6, 6.07) is 12.3. The highest BCUT2D eigenvalue weighted by molar-refractivity contribution is 6.30. The van der Waals surface area contributed by atoms with Gasteiger partial charge < -0.3 is 15.0 Å². The molecule has 7 heteroatoms. The second-order valence-corrected chi connectivity index (χ2v) is 8.31. The van der Waals surface area contributed by atoms with Crippen LogP contribution in [0, 0.1) is 5.82 Å². The molecule has 0 saturated heterocycles. The van der Waals surface area contributed by atoms with Gasteiger partial charge in [0.15, 0.2) is 6.61 Å². The van der Waals surface area contributed by atoms with Gasteiger partial charge in [-0.3, -0.25) is 9.59 Å². The Morgan fingerprint density at radius 1 is 1.13 bits per heavy atom. The highest BCUT2D eigenvalue weighted by Gasteiger charge is 2.29. The van der Waals surface area contributed by atoms with Gasteiger partial charge in [0.1, 0.15) is 17.6 Å². The number of halogens is 2. The minimum absolute atomic E-state index is 0.0191. The number of amides is 2. The average Bonchev–Trinajstić information content (AvgIpc) is 2.78. The molecule has 5 nitrogen and oxygen atoms in total. The van der Waals surface area contributed by atoms with E-state index in [0.717, 1.165) is 25.7 Å². The summed E-state index contributed by atoms with van der Waals surface area (Å²) in [4.78, 5) is 27.3. The maximum atomic E-state index is 14.3. The smallest absolute Gasteiger partial charge is 0.261 e. The molecule has 0 aliphatic heterocycles. The molecule has 0 radical (unpaired) electrons. The molecule has 1 aliphatic carbocycles. The molecule has 3 rings (SSSR count). The first kappa shape index (κ1) is 23.1. The van der Waals surface area contributed by atoms with E-state index in [1.165, 1.54) is 17.4 Å². The third-order valence-corrected chi connectivity index (χ3v) is 5.85. The van der Waals surface area contributed by atoms with Gasteiger partial charge in [0, 0.05) is 23.2 Å². The Kier molecular flexibility index (Phi) is 8.29. The molecule has 166 valence electrons. The maximum absolute atomic E-state index is 14.3. The number of carbonyl (C=O) groups is 2. The molecule has 0 spiro atoms. The van der Waals surface area contributed by atoms with Crippen LogP contribution in [0.25, 0.3) is 0 Å². The molecule has 1 aliphatic rings. The van der Waals surface area contributed by atoms with Crippen LogP contribution in [0.1, 0.15) is 44.6 Å². The van der Waals surface area contributed by atoms with Crippen molar-refractivity contribution in [2.24, 2.45) is 0 Å². The summed E-state index contributed by atoms with van der Waals surface area (Å²) in [5, 5.41) is 3.62. The Hall–Kier alpha value is -2.60. The topological polar surface area (TPSA) is 58.6 Å². The molecule has 1 fully saturated rings. The Bertz CT molecular complexity index is 885. The maximum Gasteiger partial charge on any atom is 0.261 e. The predicted octanol–water partition coefficient (Wildman–Crippen LogP) is 4.72. The van der Waals surface area contributed by atoms with E-state index >= 15 is 0 Å². The van der Waals surface area contributed by atoms with E-state index in [4.69, 9.17) is 16.3 Å². The lowest BCUT2D eigenvalue weighted by atomic mass is 9.95. The van der Waals surface area contributed by atoms with Crippen LogP contribution in [0.2, 0.25) is 5.02 Å². The van der Waals surface area contributed by atoms with E-state index in [1.54, 1.807) is 49.4 Å². The standard InChI is InChI=1S/C24H28ClFN2O3/c1-17(24(30)27-20-8-3-2-4-9-20)28(15-18-7-5-6-10-22(18)26)23(29)16-31-21-13-11-19(25)12-14-21/h5-7,10-14,17,20H,2-4,8-9,15-16H2,1H3,(H,27,30). The monoisotopic (exact) mass is 446 g/mol. The van der Waals surface area contributed by atoms with Crippen LogP contribution in [0.4, 0.5) is 4.39 Å². The minimum atomic E-state index is -0.761. The summed E-state index contributed by atoms with van der Waals surface area (Å²) < 4.78 is 19.8. The van der Waals surface area contributed by atoms with Gasteiger partial charge in [0.05, 0.1) is 0 Å². The summed E-state index contributed by atoms with van der Waals surface area (Å²) in [6.45, 7) is 1.38. The summed E-state index contributed by atoms with van der Waals surface area (Å²) in [5.74, 6) is -0.561. The lowest BCUT2D eigenvalue weighted by Gasteiger charge is -2.31. The van der Waals surface area contributed by atoms with Crippen molar-refractivity contribution in [3.63, 3.8) is 0 Å². The van der Waals surface area contributed by atoms with E-state index in [2.05, 4.69) is 5.32 Å². The molecule has 0 aromatic heterocycles. The normalized spacial score (nSPS) is 15.2. The zero-order valence-electron chi connectivity index (χ0n) is 17.7. The summed E-state index contributed by atoms with van der Waals surface area (Å²) in [5.41, 5.74) is 0.347. The Morgan fingerprint density at radius 3 is 2.48 bits per heavy atom. The Labute approximate surface area is 187 Å². The van der Waals surface area contributed by atoms with Crippen LogP contribution in [0.5, 0.6) is 5.75 Å². The zero-order valence-corrected chi connectivity index (χ0v) is 18.4. The van der Waals surface area contributed by atoms with Crippen molar-refractivity contribution in [2.45, 2.75) is 57.7 Å². The lowest BCUT2D eigenvalue weighted by Crippen LogP contribution is -2.51. The van der Waals surface area contributed by atoms with Crippen LogP contribution < -0.4 is 10.1 Å². The number of ether oxygens (including phenoxy) is 1. The van der Waals surface area contributed by atoms with E-state index in [9.17, 15) is 14.0 Å². The molecule has 1 saturated carbocycles. The minimum Gasteiger partial charge on any atom is -0.484 e. The van der Waals surface area contributed by atoms with Gasteiger partial charge in [-0.15, -0.1) is 0 Å². The molecule has 1 atom stereocenters. The van der Waals surface area contributed by atoms with E-state index in [-0.39, 0.29) is 25.1 Å². The van der Waals surface area contributed by atoms with Crippen molar-refractivity contribution in [1.29, 1.82) is 0 Å². The van der Waals surface area contributed by atoms with Crippen LogP contribution in [0.3, 0.4) is 0 Å². The van der Waals surface area contributed by atoms with Crippen LogP contribution in [-0.4, -0.2) is 35.4 Å². The van der Waals surface area contributed by atoms with Crippen molar-refractivity contribution >= 4 is 23.4 Å². The Balaban J connectivity index is 1.71. The predicted molar refractivity (Wildman–Crippen MR) is 118 cm³/mol. The van der Waals surface area contributed by atoms with Crippen LogP contribution in [0.15, 0.2) is 48.5 Å². The highest BCUT2D eigenvalue weighted by Crippen LogP contribution is 2.19. The molecular weight excluding hydrogens is 419 g/mol. The largest absolute Gasteiger partial charge is 0.484 e. The van der Waals surface area contributed by atoms with Crippen molar-refractivity contribution in [3.05, 3.63) is 64.9 Å². The molecule has 0 heterocycles. The van der Waals surface area contributed by atoms with Gasteiger partial charge in [-0.2, -0.15) is 0 Å². The van der Waals surface area contributed by atoms with Gasteiger partial charge in [0.25, 0.3) is 5.91 Å². The lowest BCUT2D eigenvalue weighted by molar-refractivity contribution is -0.142. The van der Waals surface area contributed by atoms with Crippen molar-refractivity contribution in [1.82, 2.24) is 10.2 Å².